The van der Waals surface area contributed by atoms with Crippen LogP contribution < -0.4 is 0 Å². The molecule has 0 aliphatic heterocycles. The summed E-state index contributed by atoms with van der Waals surface area (Å²) in [5, 5.41) is 0. The fourth-order valence-corrected chi connectivity index (χ4v) is 0.753. The summed E-state index contributed by atoms with van der Waals surface area (Å²) >= 11 is 0. The van der Waals surface area contributed by atoms with Crippen molar-refractivity contribution >= 4 is 5.97 Å². The lowest BCUT2D eigenvalue weighted by atomic mass is 10.2. The fourth-order valence-electron chi connectivity index (χ4n) is 0.753. The lowest BCUT2D eigenvalue weighted by Gasteiger charge is -2.11. The molecule has 0 aromatic carbocycles. The molecule has 4 heteroatoms. The number of rotatable bonds is 5. The van der Waals surface area contributed by atoms with Crippen molar-refractivity contribution in [3.63, 3.8) is 0 Å². The Kier molecular flexibility index (Phi) is 5.78. The van der Waals surface area contributed by atoms with Crippen LogP contribution in [-0.4, -0.2) is 40.5 Å². The number of esters is 1. The van der Waals surface area contributed by atoms with Crippen molar-refractivity contribution < 1.29 is 19.0 Å². The Morgan fingerprint density at radius 1 is 1.18 bits per heavy atom. The molecule has 0 rings (SSSR count). The predicted molar refractivity (Wildman–Crippen MR) is 39.3 cm³/mol. The van der Waals surface area contributed by atoms with E-state index in [1.165, 1.54) is 21.3 Å². The van der Waals surface area contributed by atoms with E-state index in [-0.39, 0.29) is 11.9 Å². The lowest BCUT2D eigenvalue weighted by molar-refractivity contribution is -0.149. The van der Waals surface area contributed by atoms with Gasteiger partial charge in [0.15, 0.2) is 0 Å². The zero-order valence-corrected chi connectivity index (χ0v) is 7.12. The number of hydrogen-bond acceptors (Lipinski definition) is 4. The van der Waals surface area contributed by atoms with E-state index in [1.807, 2.05) is 0 Å². The number of carbonyl (C=O) groups excluding carboxylic acids is 1. The predicted octanol–water partition coefficient (Wildman–Crippen LogP) is 0.0684. The van der Waals surface area contributed by atoms with Crippen molar-refractivity contribution in [1.29, 1.82) is 0 Å². The highest BCUT2D eigenvalue weighted by molar-refractivity contribution is 5.72. The van der Waals surface area contributed by atoms with Crippen LogP contribution in [-0.2, 0) is 19.0 Å². The maximum Gasteiger partial charge on any atom is 0.313 e. The molecule has 0 fully saturated rings. The van der Waals surface area contributed by atoms with Gasteiger partial charge in [0.2, 0.25) is 0 Å². The van der Waals surface area contributed by atoms with Crippen LogP contribution in [0.4, 0.5) is 0 Å². The van der Waals surface area contributed by atoms with Gasteiger partial charge in [0.05, 0.1) is 20.3 Å². The molecule has 0 aromatic heterocycles. The van der Waals surface area contributed by atoms with Crippen LogP contribution in [0.25, 0.3) is 0 Å². The Morgan fingerprint density at radius 3 is 1.91 bits per heavy atom. The largest absolute Gasteiger partial charge is 0.469 e. The van der Waals surface area contributed by atoms with Crippen LogP contribution in [0.5, 0.6) is 0 Å². The van der Waals surface area contributed by atoms with Gasteiger partial charge in [-0.25, -0.2) is 0 Å². The molecule has 0 bridgehead atoms. The number of hydrogen-bond donors (Lipinski definition) is 0. The van der Waals surface area contributed by atoms with Crippen molar-refractivity contribution in [2.45, 2.75) is 0 Å². The molecule has 66 valence electrons. The molecule has 4 nitrogen and oxygen atoms in total. The first-order chi connectivity index (χ1) is 5.26. The number of ether oxygens (including phenoxy) is 3. The Morgan fingerprint density at radius 2 is 1.64 bits per heavy atom. The molecular weight excluding hydrogens is 148 g/mol. The summed E-state index contributed by atoms with van der Waals surface area (Å²) in [6.45, 7) is 0.668. The second-order valence-corrected chi connectivity index (χ2v) is 2.13. The molecular formula is C7H14O4. The molecule has 0 heterocycles. The average Bonchev–Trinajstić information content (AvgIpc) is 2.03. The van der Waals surface area contributed by atoms with Gasteiger partial charge in [-0.05, 0) is 0 Å². The first-order valence-corrected chi connectivity index (χ1v) is 3.32. The van der Waals surface area contributed by atoms with Crippen LogP contribution in [0.1, 0.15) is 0 Å². The Bertz CT molecular complexity index is 107. The summed E-state index contributed by atoms with van der Waals surface area (Å²) in [7, 11) is 4.41. The smallest absolute Gasteiger partial charge is 0.313 e. The summed E-state index contributed by atoms with van der Waals surface area (Å²) < 4.78 is 14.1. The normalized spacial score (nSPS) is 10.2. The Hall–Kier alpha value is -0.610. The van der Waals surface area contributed by atoms with Crippen LogP contribution in [0, 0.1) is 5.92 Å². The zero-order valence-electron chi connectivity index (χ0n) is 7.12. The third kappa shape index (κ3) is 3.95. The summed E-state index contributed by atoms with van der Waals surface area (Å²) in [5.74, 6) is -0.608. The van der Waals surface area contributed by atoms with Gasteiger partial charge in [0.25, 0.3) is 0 Å². The zero-order chi connectivity index (χ0) is 8.69. The molecule has 0 aliphatic rings. The van der Waals surface area contributed by atoms with Crippen molar-refractivity contribution in [3.05, 3.63) is 0 Å². The molecule has 11 heavy (non-hydrogen) atoms. The van der Waals surface area contributed by atoms with E-state index in [0.29, 0.717) is 13.2 Å². The monoisotopic (exact) mass is 162 g/mol. The quantitative estimate of drug-likeness (QED) is 0.536. The Labute approximate surface area is 66.4 Å². The van der Waals surface area contributed by atoms with E-state index < -0.39 is 0 Å². The summed E-state index contributed by atoms with van der Waals surface area (Å²) in [5.41, 5.74) is 0. The molecule has 0 amide bonds. The van der Waals surface area contributed by atoms with Crippen LogP contribution in [0.3, 0.4) is 0 Å². The summed E-state index contributed by atoms with van der Waals surface area (Å²) in [6, 6.07) is 0. The average molecular weight is 162 g/mol. The lowest BCUT2D eigenvalue weighted by Crippen LogP contribution is -2.25. The van der Waals surface area contributed by atoms with Gasteiger partial charge in [-0.2, -0.15) is 0 Å². The third-order valence-electron chi connectivity index (χ3n) is 1.27. The van der Waals surface area contributed by atoms with E-state index in [0.717, 1.165) is 0 Å². The highest BCUT2D eigenvalue weighted by atomic mass is 16.5. The summed E-state index contributed by atoms with van der Waals surface area (Å²) in [6.07, 6.45) is 0. The van der Waals surface area contributed by atoms with Gasteiger partial charge in [-0.3, -0.25) is 4.79 Å². The van der Waals surface area contributed by atoms with Gasteiger partial charge in [0.1, 0.15) is 5.92 Å². The second-order valence-electron chi connectivity index (χ2n) is 2.13. The number of carbonyl (C=O) groups is 1. The molecule has 0 atom stereocenters. The molecule has 0 aromatic rings. The molecule has 0 spiro atoms. The van der Waals surface area contributed by atoms with Gasteiger partial charge < -0.3 is 14.2 Å². The van der Waals surface area contributed by atoms with Crippen LogP contribution in [0.2, 0.25) is 0 Å². The second kappa shape index (κ2) is 6.12. The van der Waals surface area contributed by atoms with E-state index >= 15 is 0 Å². The topological polar surface area (TPSA) is 44.8 Å². The van der Waals surface area contributed by atoms with E-state index in [4.69, 9.17) is 9.47 Å². The maximum absolute atomic E-state index is 10.9. The summed E-state index contributed by atoms with van der Waals surface area (Å²) in [4.78, 5) is 10.9. The molecule has 0 aliphatic carbocycles. The SMILES string of the molecule is COCC(COC)C(=O)OC. The first kappa shape index (κ1) is 10.4. The standard InChI is InChI=1S/C7H14O4/c1-9-4-6(5-10-2)7(8)11-3/h6H,4-5H2,1-3H3. The molecule has 0 N–H and O–H groups in total. The van der Waals surface area contributed by atoms with E-state index in [9.17, 15) is 4.79 Å². The van der Waals surface area contributed by atoms with E-state index in [1.54, 1.807) is 0 Å². The number of methoxy groups -OCH3 is 3. The molecule has 0 saturated heterocycles. The molecule has 0 saturated carbocycles. The van der Waals surface area contributed by atoms with Crippen molar-refractivity contribution in [2.24, 2.45) is 5.92 Å². The minimum Gasteiger partial charge on any atom is -0.469 e. The minimum atomic E-state index is -0.310. The van der Waals surface area contributed by atoms with Crippen molar-refractivity contribution in [2.75, 3.05) is 34.5 Å². The fraction of sp³-hybridized carbons (Fsp3) is 0.857. The first-order valence-electron chi connectivity index (χ1n) is 3.32. The minimum absolute atomic E-state index is 0.297. The van der Waals surface area contributed by atoms with Gasteiger partial charge in [-0.1, -0.05) is 0 Å². The van der Waals surface area contributed by atoms with Crippen LogP contribution >= 0.6 is 0 Å². The Balaban J connectivity index is 3.76. The van der Waals surface area contributed by atoms with E-state index in [2.05, 4.69) is 4.74 Å². The van der Waals surface area contributed by atoms with Gasteiger partial charge >= 0.3 is 5.97 Å². The highest BCUT2D eigenvalue weighted by Gasteiger charge is 2.18. The van der Waals surface area contributed by atoms with Crippen LogP contribution in [0.15, 0.2) is 0 Å². The highest BCUT2D eigenvalue weighted by Crippen LogP contribution is 1.99. The maximum atomic E-state index is 10.9. The molecule has 0 radical (unpaired) electrons. The third-order valence-corrected chi connectivity index (χ3v) is 1.27. The molecule has 0 unspecified atom stereocenters. The van der Waals surface area contributed by atoms with Crippen molar-refractivity contribution in [3.8, 4) is 0 Å². The van der Waals surface area contributed by atoms with Crippen molar-refractivity contribution in [1.82, 2.24) is 0 Å². The van der Waals surface area contributed by atoms with Gasteiger partial charge in [0, 0.05) is 14.2 Å². The van der Waals surface area contributed by atoms with Gasteiger partial charge in [-0.15, -0.1) is 0 Å².